The maximum absolute atomic E-state index is 11.8. The van der Waals surface area contributed by atoms with Crippen molar-refractivity contribution in [1.29, 1.82) is 0 Å². The van der Waals surface area contributed by atoms with Gasteiger partial charge < -0.3 is 20.1 Å². The quantitative estimate of drug-likeness (QED) is 0.687. The van der Waals surface area contributed by atoms with Crippen molar-refractivity contribution in [3.05, 3.63) is 58.1 Å². The Bertz CT molecular complexity index is 727. The molecule has 2 amide bonds. The van der Waals surface area contributed by atoms with Crippen LogP contribution in [0.25, 0.3) is 0 Å². The zero-order valence-corrected chi connectivity index (χ0v) is 16.2. The predicted molar refractivity (Wildman–Crippen MR) is 105 cm³/mol. The zero-order valence-electron chi connectivity index (χ0n) is 15.4. The summed E-state index contributed by atoms with van der Waals surface area (Å²) in [5.74, 6) is 1.58. The molecule has 0 unspecified atom stereocenters. The van der Waals surface area contributed by atoms with E-state index in [1.54, 1.807) is 7.11 Å². The average Bonchev–Trinajstić information content (AvgIpc) is 2.63. The number of amides is 2. The van der Waals surface area contributed by atoms with Crippen LogP contribution < -0.4 is 20.1 Å². The maximum atomic E-state index is 11.8. The Morgan fingerprint density at radius 1 is 1.08 bits per heavy atom. The van der Waals surface area contributed by atoms with Gasteiger partial charge in [0, 0.05) is 11.6 Å². The standard InChI is InChI=1S/C20H25ClN2O3/c1-14-12-17(13-15(2)19(14)21)26-11-10-23-20(24)22-9-8-16-6-4-5-7-18(16)25-3/h4-7,12-13H,8-11H2,1-3H3,(H2,22,23,24). The lowest BCUT2D eigenvalue weighted by Gasteiger charge is -2.12. The Kier molecular flexibility index (Phi) is 7.60. The molecule has 0 atom stereocenters. The Morgan fingerprint density at radius 2 is 1.73 bits per heavy atom. The molecule has 0 aromatic heterocycles. The van der Waals surface area contributed by atoms with Crippen LogP contribution in [0.1, 0.15) is 16.7 Å². The summed E-state index contributed by atoms with van der Waals surface area (Å²) in [5, 5.41) is 6.36. The third-order valence-corrected chi connectivity index (χ3v) is 4.53. The van der Waals surface area contributed by atoms with E-state index < -0.39 is 0 Å². The molecule has 0 aliphatic carbocycles. The van der Waals surface area contributed by atoms with E-state index >= 15 is 0 Å². The van der Waals surface area contributed by atoms with E-state index in [2.05, 4.69) is 10.6 Å². The highest BCUT2D eigenvalue weighted by atomic mass is 35.5. The van der Waals surface area contributed by atoms with Crippen molar-refractivity contribution in [2.75, 3.05) is 26.8 Å². The van der Waals surface area contributed by atoms with E-state index in [9.17, 15) is 4.79 Å². The van der Waals surface area contributed by atoms with Crippen molar-refractivity contribution in [2.24, 2.45) is 0 Å². The number of methoxy groups -OCH3 is 1. The lowest BCUT2D eigenvalue weighted by Crippen LogP contribution is -2.38. The van der Waals surface area contributed by atoms with Gasteiger partial charge in [-0.25, -0.2) is 4.79 Å². The monoisotopic (exact) mass is 376 g/mol. The van der Waals surface area contributed by atoms with E-state index in [1.807, 2.05) is 50.2 Å². The maximum Gasteiger partial charge on any atom is 0.314 e. The van der Waals surface area contributed by atoms with E-state index in [1.165, 1.54) is 0 Å². The molecule has 2 rings (SSSR count). The summed E-state index contributed by atoms with van der Waals surface area (Å²) in [6.07, 6.45) is 0.706. The minimum atomic E-state index is -0.216. The van der Waals surface area contributed by atoms with E-state index in [0.717, 1.165) is 33.2 Å². The molecule has 0 spiro atoms. The van der Waals surface area contributed by atoms with Crippen LogP contribution >= 0.6 is 11.6 Å². The molecule has 0 saturated heterocycles. The molecule has 0 radical (unpaired) electrons. The van der Waals surface area contributed by atoms with Crippen molar-refractivity contribution < 1.29 is 14.3 Å². The number of aryl methyl sites for hydroxylation is 2. The summed E-state index contributed by atoms with van der Waals surface area (Å²) in [7, 11) is 1.64. The Hall–Kier alpha value is -2.40. The molecule has 0 saturated carbocycles. The molecule has 26 heavy (non-hydrogen) atoms. The van der Waals surface area contributed by atoms with Crippen LogP contribution in [-0.4, -0.2) is 32.8 Å². The SMILES string of the molecule is COc1ccccc1CCNC(=O)NCCOc1cc(C)c(Cl)c(C)c1. The summed E-state index contributed by atoms with van der Waals surface area (Å²) in [6, 6.07) is 11.3. The van der Waals surface area contributed by atoms with Crippen LogP contribution in [0.15, 0.2) is 36.4 Å². The van der Waals surface area contributed by atoms with Gasteiger partial charge in [0.25, 0.3) is 0 Å². The number of carbonyl (C=O) groups excluding carboxylic acids is 1. The molecule has 5 nitrogen and oxygen atoms in total. The number of carbonyl (C=O) groups is 1. The summed E-state index contributed by atoms with van der Waals surface area (Å²) in [5.41, 5.74) is 3.01. The fourth-order valence-corrected chi connectivity index (χ4v) is 2.71. The minimum Gasteiger partial charge on any atom is -0.496 e. The largest absolute Gasteiger partial charge is 0.496 e. The van der Waals surface area contributed by atoms with Crippen molar-refractivity contribution in [3.63, 3.8) is 0 Å². The molecule has 0 aliphatic rings. The van der Waals surface area contributed by atoms with Gasteiger partial charge in [0.1, 0.15) is 18.1 Å². The fraction of sp³-hybridized carbons (Fsp3) is 0.350. The zero-order chi connectivity index (χ0) is 18.9. The molecular weight excluding hydrogens is 352 g/mol. The molecule has 6 heteroatoms. The summed E-state index contributed by atoms with van der Waals surface area (Å²) in [4.78, 5) is 11.8. The minimum absolute atomic E-state index is 0.216. The van der Waals surface area contributed by atoms with Crippen molar-refractivity contribution in [1.82, 2.24) is 10.6 Å². The van der Waals surface area contributed by atoms with Crippen molar-refractivity contribution in [3.8, 4) is 11.5 Å². The van der Waals surface area contributed by atoms with E-state index in [4.69, 9.17) is 21.1 Å². The number of ether oxygens (including phenoxy) is 2. The van der Waals surface area contributed by atoms with Crippen molar-refractivity contribution in [2.45, 2.75) is 20.3 Å². The second kappa shape index (κ2) is 9.92. The molecule has 0 bridgehead atoms. The fourth-order valence-electron chi connectivity index (χ4n) is 2.61. The molecular formula is C20H25ClN2O3. The predicted octanol–water partition coefficient (Wildman–Crippen LogP) is 3.89. The lowest BCUT2D eigenvalue weighted by atomic mass is 10.1. The third kappa shape index (κ3) is 5.85. The number of urea groups is 1. The average molecular weight is 377 g/mol. The molecule has 0 fully saturated rings. The first-order valence-electron chi connectivity index (χ1n) is 8.54. The number of benzene rings is 2. The Morgan fingerprint density at radius 3 is 2.42 bits per heavy atom. The number of halogens is 1. The lowest BCUT2D eigenvalue weighted by molar-refractivity contribution is 0.236. The van der Waals surface area contributed by atoms with Gasteiger partial charge in [-0.05, 0) is 55.2 Å². The summed E-state index contributed by atoms with van der Waals surface area (Å²) >= 11 is 6.14. The van der Waals surface area contributed by atoms with E-state index in [0.29, 0.717) is 26.1 Å². The van der Waals surface area contributed by atoms with Crippen LogP contribution in [0.3, 0.4) is 0 Å². The highest BCUT2D eigenvalue weighted by Gasteiger charge is 2.05. The Labute approximate surface area is 159 Å². The van der Waals surface area contributed by atoms with Gasteiger partial charge in [0.2, 0.25) is 0 Å². The normalized spacial score (nSPS) is 10.3. The molecule has 2 aromatic carbocycles. The smallest absolute Gasteiger partial charge is 0.314 e. The second-order valence-electron chi connectivity index (χ2n) is 5.96. The van der Waals surface area contributed by atoms with Gasteiger partial charge in [0.15, 0.2) is 0 Å². The number of para-hydroxylation sites is 1. The van der Waals surface area contributed by atoms with Crippen molar-refractivity contribution >= 4 is 17.6 Å². The highest BCUT2D eigenvalue weighted by molar-refractivity contribution is 6.32. The van der Waals surface area contributed by atoms with Gasteiger partial charge in [-0.1, -0.05) is 29.8 Å². The van der Waals surface area contributed by atoms with Crippen LogP contribution in [0.2, 0.25) is 5.02 Å². The molecule has 140 valence electrons. The van der Waals surface area contributed by atoms with Gasteiger partial charge in [0.05, 0.1) is 13.7 Å². The molecule has 2 aromatic rings. The van der Waals surface area contributed by atoms with Crippen LogP contribution in [-0.2, 0) is 6.42 Å². The second-order valence-corrected chi connectivity index (χ2v) is 6.34. The number of hydrogen-bond donors (Lipinski definition) is 2. The topological polar surface area (TPSA) is 59.6 Å². The number of nitrogens with one attached hydrogen (secondary N) is 2. The van der Waals surface area contributed by atoms with Crippen LogP contribution in [0.5, 0.6) is 11.5 Å². The van der Waals surface area contributed by atoms with Gasteiger partial charge in [-0.3, -0.25) is 0 Å². The highest BCUT2D eigenvalue weighted by Crippen LogP contribution is 2.25. The van der Waals surface area contributed by atoms with Gasteiger partial charge in [-0.2, -0.15) is 0 Å². The van der Waals surface area contributed by atoms with Gasteiger partial charge in [-0.15, -0.1) is 0 Å². The summed E-state index contributed by atoms with van der Waals surface area (Å²) < 4.78 is 11.0. The first-order chi connectivity index (χ1) is 12.5. The van der Waals surface area contributed by atoms with Gasteiger partial charge >= 0.3 is 6.03 Å². The molecule has 0 aliphatic heterocycles. The first kappa shape index (κ1) is 19.9. The molecule has 2 N–H and O–H groups in total. The van der Waals surface area contributed by atoms with Crippen LogP contribution in [0, 0.1) is 13.8 Å². The Balaban J connectivity index is 1.66. The third-order valence-electron chi connectivity index (χ3n) is 3.94. The van der Waals surface area contributed by atoms with Crippen LogP contribution in [0.4, 0.5) is 4.79 Å². The van der Waals surface area contributed by atoms with E-state index in [-0.39, 0.29) is 6.03 Å². The number of rotatable bonds is 8. The summed E-state index contributed by atoms with van der Waals surface area (Å²) in [6.45, 7) is 5.22. The number of hydrogen-bond acceptors (Lipinski definition) is 3. The molecule has 0 heterocycles. The first-order valence-corrected chi connectivity index (χ1v) is 8.92.